The average Bonchev–Trinajstić information content (AvgIpc) is 3.62. The zero-order valence-corrected chi connectivity index (χ0v) is 28.4. The van der Waals surface area contributed by atoms with Crippen LogP contribution in [0, 0.1) is 6.07 Å². The molecule has 6 heteroatoms. The Morgan fingerprint density at radius 2 is 1.59 bits per heavy atom. The summed E-state index contributed by atoms with van der Waals surface area (Å²) in [5.74, 6) is -0.0625. The largest absolute Gasteiger partial charge is 0.512 e. The summed E-state index contributed by atoms with van der Waals surface area (Å²) in [6, 6.07) is 32.4. The number of benzene rings is 4. The number of aliphatic hydroxyl groups excluding tert-OH is 1. The van der Waals surface area contributed by atoms with E-state index in [1.165, 1.54) is 83.8 Å². The van der Waals surface area contributed by atoms with Gasteiger partial charge in [-0.15, -0.1) is 35.1 Å². The van der Waals surface area contributed by atoms with Crippen LogP contribution in [0.2, 0.25) is 0 Å². The molecular weight excluding hydrogens is 741 g/mol. The van der Waals surface area contributed by atoms with Gasteiger partial charge in [-0.3, -0.25) is 4.79 Å². The maximum absolute atomic E-state index is 10.0. The first kappa shape index (κ1) is 30.0. The maximum Gasteiger partial charge on any atom is 0.155 e. The number of rotatable bonds is 2. The predicted molar refractivity (Wildman–Crippen MR) is 182 cm³/mol. The number of nitrogens with zero attached hydrogens (tertiary/aromatic N) is 2. The summed E-state index contributed by atoms with van der Waals surface area (Å²) in [4.78, 5) is 14.8. The Labute approximate surface area is 273 Å². The number of carbonyl (C=O) groups excluding carboxylic acids is 1. The van der Waals surface area contributed by atoms with Gasteiger partial charge in [0.1, 0.15) is 0 Å². The Kier molecular flexibility index (Phi) is 7.57. The van der Waals surface area contributed by atoms with Crippen molar-refractivity contribution >= 4 is 75.4 Å². The topological polar surface area (TPSA) is 54.6 Å². The second-order valence-corrected chi connectivity index (χ2v) is 13.3. The molecule has 1 N–H and O–H groups in total. The van der Waals surface area contributed by atoms with Crippen molar-refractivity contribution in [1.29, 1.82) is 0 Å². The second kappa shape index (κ2) is 11.1. The Balaban J connectivity index is 0.000000388. The van der Waals surface area contributed by atoms with Crippen molar-refractivity contribution in [2.45, 2.75) is 40.0 Å². The number of para-hydroxylation sites is 1. The Hall–Kier alpha value is -4.09. The van der Waals surface area contributed by atoms with Crippen molar-refractivity contribution in [3.05, 3.63) is 109 Å². The van der Waals surface area contributed by atoms with E-state index >= 15 is 0 Å². The van der Waals surface area contributed by atoms with Crippen molar-refractivity contribution in [3.63, 3.8) is 0 Å². The molecule has 221 valence electrons. The van der Waals surface area contributed by atoms with Crippen LogP contribution in [-0.4, -0.2) is 20.3 Å². The molecule has 0 fully saturated rings. The normalized spacial score (nSPS) is 12.3. The molecule has 4 heterocycles. The van der Waals surface area contributed by atoms with Crippen LogP contribution < -0.4 is 0 Å². The third-order valence-electron chi connectivity index (χ3n) is 8.05. The molecule has 8 aromatic rings. The first-order valence-corrected chi connectivity index (χ1v) is 15.2. The molecule has 0 aliphatic carbocycles. The molecular formula is C38H31IrN2O2S-. The van der Waals surface area contributed by atoms with Gasteiger partial charge in [-0.25, -0.2) is 0 Å². The van der Waals surface area contributed by atoms with Gasteiger partial charge >= 0.3 is 0 Å². The van der Waals surface area contributed by atoms with Crippen LogP contribution in [0.5, 0.6) is 0 Å². The van der Waals surface area contributed by atoms with Crippen LogP contribution in [0.1, 0.15) is 40.2 Å². The van der Waals surface area contributed by atoms with E-state index in [2.05, 4.69) is 110 Å². The smallest absolute Gasteiger partial charge is 0.155 e. The van der Waals surface area contributed by atoms with E-state index in [4.69, 9.17) is 10.1 Å². The van der Waals surface area contributed by atoms with E-state index in [1.54, 1.807) is 0 Å². The summed E-state index contributed by atoms with van der Waals surface area (Å²) in [7, 11) is 0. The first-order chi connectivity index (χ1) is 20.6. The van der Waals surface area contributed by atoms with Crippen molar-refractivity contribution in [1.82, 2.24) is 9.38 Å². The minimum atomic E-state index is -0.125. The maximum atomic E-state index is 10.0. The summed E-state index contributed by atoms with van der Waals surface area (Å²) in [5, 5.41) is 16.3. The van der Waals surface area contributed by atoms with Gasteiger partial charge in [0.2, 0.25) is 0 Å². The van der Waals surface area contributed by atoms with Gasteiger partial charge in [0, 0.05) is 68.8 Å². The predicted octanol–water partition coefficient (Wildman–Crippen LogP) is 10.4. The summed E-state index contributed by atoms with van der Waals surface area (Å²) >= 11 is 1.89. The zero-order chi connectivity index (χ0) is 30.0. The van der Waals surface area contributed by atoms with Crippen molar-refractivity contribution in [3.8, 4) is 11.3 Å². The van der Waals surface area contributed by atoms with Crippen LogP contribution in [-0.2, 0) is 30.3 Å². The fourth-order valence-electron chi connectivity index (χ4n) is 6.20. The van der Waals surface area contributed by atoms with Crippen LogP contribution in [0.25, 0.3) is 69.5 Å². The fourth-order valence-corrected chi connectivity index (χ4v) is 7.35. The minimum Gasteiger partial charge on any atom is -0.512 e. The van der Waals surface area contributed by atoms with Crippen LogP contribution in [0.15, 0.2) is 96.9 Å². The molecule has 4 aromatic heterocycles. The Bertz CT molecular complexity index is 2390. The molecule has 0 amide bonds. The number of fused-ring (bicyclic) bond motifs is 10. The number of pyridine rings is 1. The standard InChI is InChI=1S/C33H23N2S.C5H8O2.Ir/c1-33(2,3)20-14-15-34-25(17-20)19-12-13-27-24(16-19)31-30-22-9-5-7-11-28(22)36-29(30)18-23-21-8-4-6-10-26(21)35(27)32(23)31;1-4(6)3-5(2)7;/h4-11,13-18H,1-3H3;3,6H,1-2H3;/q-1;;/b;4-3-;. The number of carbonyl (C=O) groups is 1. The van der Waals surface area contributed by atoms with E-state index < -0.39 is 0 Å². The molecule has 0 spiro atoms. The fraction of sp³-hybridized carbons (Fsp3) is 0.158. The number of hydrogen-bond acceptors (Lipinski definition) is 4. The van der Waals surface area contributed by atoms with E-state index in [9.17, 15) is 4.79 Å². The summed E-state index contributed by atoms with van der Waals surface area (Å²) in [6.45, 7) is 9.59. The first-order valence-electron chi connectivity index (χ1n) is 14.4. The molecule has 0 bridgehead atoms. The SMILES string of the molecule is CC(=O)/C=C(/C)O.CC(C)(C)c1ccnc(-c2[c-]cc3c(c2)c2c4c(cc5c6ccccc6n3c52)sc2ccccc24)c1.[Ir]. The molecule has 8 rings (SSSR count). The van der Waals surface area contributed by atoms with Gasteiger partial charge < -0.3 is 14.5 Å². The van der Waals surface area contributed by atoms with Gasteiger partial charge in [0.15, 0.2) is 5.78 Å². The molecule has 0 unspecified atom stereocenters. The quantitative estimate of drug-likeness (QED) is 0.108. The van der Waals surface area contributed by atoms with Gasteiger partial charge in [0.25, 0.3) is 0 Å². The minimum absolute atomic E-state index is 0. The molecule has 4 aromatic carbocycles. The van der Waals surface area contributed by atoms with E-state index in [0.29, 0.717) is 0 Å². The molecule has 1 radical (unpaired) electrons. The summed E-state index contributed by atoms with van der Waals surface area (Å²) in [5.41, 5.74) is 7.14. The number of aromatic nitrogens is 2. The number of allylic oxidation sites excluding steroid dienone is 2. The number of hydrogen-bond donors (Lipinski definition) is 1. The van der Waals surface area contributed by atoms with Crippen LogP contribution >= 0.6 is 11.3 Å². The summed E-state index contributed by atoms with van der Waals surface area (Å²) in [6.07, 6.45) is 3.10. The van der Waals surface area contributed by atoms with Crippen molar-refractivity contribution < 1.29 is 30.0 Å². The molecule has 44 heavy (non-hydrogen) atoms. The van der Waals surface area contributed by atoms with Gasteiger partial charge in [-0.2, -0.15) is 0 Å². The third-order valence-corrected chi connectivity index (χ3v) is 9.17. The van der Waals surface area contributed by atoms with Crippen molar-refractivity contribution in [2.24, 2.45) is 0 Å². The van der Waals surface area contributed by atoms with Gasteiger partial charge in [-0.1, -0.05) is 68.6 Å². The third kappa shape index (κ3) is 4.88. The molecule has 0 aliphatic heterocycles. The average molecular weight is 772 g/mol. The monoisotopic (exact) mass is 772 g/mol. The van der Waals surface area contributed by atoms with Crippen molar-refractivity contribution in [2.75, 3.05) is 0 Å². The molecule has 4 nitrogen and oxygen atoms in total. The van der Waals surface area contributed by atoms with Crippen LogP contribution in [0.3, 0.4) is 0 Å². The number of aliphatic hydroxyl groups is 1. The molecule has 0 saturated heterocycles. The molecule has 0 aliphatic rings. The molecule has 0 atom stereocenters. The van der Waals surface area contributed by atoms with E-state index in [1.807, 2.05) is 17.5 Å². The van der Waals surface area contributed by atoms with E-state index in [-0.39, 0.29) is 37.1 Å². The Morgan fingerprint density at radius 3 is 2.30 bits per heavy atom. The van der Waals surface area contributed by atoms with Gasteiger partial charge in [-0.05, 0) is 65.7 Å². The molecule has 0 saturated carbocycles. The summed E-state index contributed by atoms with van der Waals surface area (Å²) < 4.78 is 5.13. The van der Waals surface area contributed by atoms with Crippen LogP contribution in [0.4, 0.5) is 0 Å². The zero-order valence-electron chi connectivity index (χ0n) is 25.2. The second-order valence-electron chi connectivity index (χ2n) is 12.2. The Morgan fingerprint density at radius 1 is 0.864 bits per heavy atom. The number of thiophene rings is 1. The van der Waals surface area contributed by atoms with E-state index in [0.717, 1.165) is 11.3 Å². The van der Waals surface area contributed by atoms with Gasteiger partial charge in [0.05, 0.1) is 11.3 Å². The number of ketones is 1.